The first-order valence-corrected chi connectivity index (χ1v) is 13.3. The van der Waals surface area contributed by atoms with Gasteiger partial charge in [-0.15, -0.1) is 0 Å². The molecule has 0 saturated carbocycles. The molecule has 1 N–H and O–H groups in total. The highest BCUT2D eigenvalue weighted by atomic mass is 35.5. The van der Waals surface area contributed by atoms with Crippen LogP contribution in [0.5, 0.6) is 17.2 Å². The lowest BCUT2D eigenvalue weighted by atomic mass is 10.2. The number of para-hydroxylation sites is 1. The molecule has 200 valence electrons. The number of nitrogens with one attached hydrogen (secondary N) is 1. The minimum Gasteiger partial charge on any atom is -0.493 e. The first-order valence-electron chi connectivity index (χ1n) is 12.9. The molecule has 0 spiro atoms. The lowest BCUT2D eigenvalue weighted by Crippen LogP contribution is -2.25. The third kappa shape index (κ3) is 6.55. The van der Waals surface area contributed by atoms with Gasteiger partial charge in [0.15, 0.2) is 11.5 Å². The maximum Gasteiger partial charge on any atom is 0.250 e. The van der Waals surface area contributed by atoms with Crippen LogP contribution >= 0.6 is 11.6 Å². The molecular formula is C27H32ClN7O3. The molecule has 0 amide bonds. The van der Waals surface area contributed by atoms with Gasteiger partial charge < -0.3 is 24.0 Å². The first-order chi connectivity index (χ1) is 18.7. The molecule has 10 nitrogen and oxygen atoms in total. The maximum atomic E-state index is 6.52. The van der Waals surface area contributed by atoms with E-state index in [1.807, 2.05) is 36.4 Å². The van der Waals surface area contributed by atoms with E-state index in [9.17, 15) is 0 Å². The van der Waals surface area contributed by atoms with E-state index >= 15 is 0 Å². The molecule has 0 aliphatic carbocycles. The van der Waals surface area contributed by atoms with E-state index in [0.717, 1.165) is 63.2 Å². The van der Waals surface area contributed by atoms with Crippen molar-refractivity contribution in [2.45, 2.75) is 25.7 Å². The molecular weight excluding hydrogens is 506 g/mol. The molecule has 1 aromatic heterocycles. The van der Waals surface area contributed by atoms with Crippen molar-refractivity contribution in [2.75, 3.05) is 61.7 Å². The van der Waals surface area contributed by atoms with Crippen LogP contribution in [0.1, 0.15) is 31.2 Å². The van der Waals surface area contributed by atoms with Gasteiger partial charge >= 0.3 is 0 Å². The summed E-state index contributed by atoms with van der Waals surface area (Å²) in [6.07, 6.45) is 6.23. The number of hydrogen-bond donors (Lipinski definition) is 1. The number of methoxy groups -OCH3 is 1. The number of anilines is 3. The van der Waals surface area contributed by atoms with Crippen molar-refractivity contribution in [3.63, 3.8) is 0 Å². The highest BCUT2D eigenvalue weighted by Crippen LogP contribution is 2.36. The molecule has 2 aliphatic heterocycles. The van der Waals surface area contributed by atoms with Crippen LogP contribution in [-0.2, 0) is 0 Å². The SMILES string of the molecule is COc1cc(/C=N/Nc2nc(N3CCCC3)nc(N3CCCC3)n2)cc(Cl)c1OCCOc1ccccc1. The van der Waals surface area contributed by atoms with E-state index in [-0.39, 0.29) is 0 Å². The van der Waals surface area contributed by atoms with E-state index in [4.69, 9.17) is 30.8 Å². The summed E-state index contributed by atoms with van der Waals surface area (Å²) in [6, 6.07) is 13.1. The van der Waals surface area contributed by atoms with Gasteiger partial charge in [0, 0.05) is 26.2 Å². The fourth-order valence-corrected chi connectivity index (χ4v) is 4.73. The average molecular weight is 538 g/mol. The van der Waals surface area contributed by atoms with E-state index in [1.165, 1.54) is 0 Å². The van der Waals surface area contributed by atoms with Crippen molar-refractivity contribution in [1.82, 2.24) is 15.0 Å². The van der Waals surface area contributed by atoms with Gasteiger partial charge in [-0.05, 0) is 55.5 Å². The number of ether oxygens (including phenoxy) is 3. The summed E-state index contributed by atoms with van der Waals surface area (Å²) in [6.45, 7) is 4.52. The van der Waals surface area contributed by atoms with Crippen LogP contribution < -0.4 is 29.4 Å². The van der Waals surface area contributed by atoms with E-state index in [0.29, 0.717) is 47.6 Å². The van der Waals surface area contributed by atoms with Gasteiger partial charge in [0.05, 0.1) is 18.3 Å². The molecule has 3 heterocycles. The number of halogens is 1. The van der Waals surface area contributed by atoms with Crippen LogP contribution in [0, 0.1) is 0 Å². The summed E-state index contributed by atoms with van der Waals surface area (Å²) in [5.74, 6) is 3.55. The van der Waals surface area contributed by atoms with Crippen molar-refractivity contribution >= 4 is 35.7 Å². The highest BCUT2D eigenvalue weighted by molar-refractivity contribution is 6.32. The van der Waals surface area contributed by atoms with Crippen molar-refractivity contribution in [3.8, 4) is 17.2 Å². The molecule has 3 aromatic rings. The number of nitrogens with zero attached hydrogens (tertiary/aromatic N) is 6. The zero-order valence-corrected chi connectivity index (χ0v) is 22.2. The van der Waals surface area contributed by atoms with Gasteiger partial charge in [-0.25, -0.2) is 5.43 Å². The van der Waals surface area contributed by atoms with Crippen molar-refractivity contribution in [3.05, 3.63) is 53.1 Å². The Labute approximate surface area is 227 Å². The van der Waals surface area contributed by atoms with Gasteiger partial charge in [-0.1, -0.05) is 29.8 Å². The molecule has 2 saturated heterocycles. The Morgan fingerprint density at radius 2 is 1.53 bits per heavy atom. The second-order valence-electron chi connectivity index (χ2n) is 9.06. The van der Waals surface area contributed by atoms with Gasteiger partial charge in [-0.2, -0.15) is 20.1 Å². The first kappa shape index (κ1) is 25.8. The largest absolute Gasteiger partial charge is 0.493 e. The Balaban J connectivity index is 1.24. The Morgan fingerprint density at radius 1 is 0.895 bits per heavy atom. The normalized spacial score (nSPS) is 15.3. The summed E-state index contributed by atoms with van der Waals surface area (Å²) < 4.78 is 17.1. The number of benzene rings is 2. The minimum absolute atomic E-state index is 0.318. The molecule has 0 bridgehead atoms. The summed E-state index contributed by atoms with van der Waals surface area (Å²) >= 11 is 6.52. The van der Waals surface area contributed by atoms with Crippen LogP contribution in [-0.4, -0.2) is 67.7 Å². The second kappa shape index (κ2) is 12.6. The van der Waals surface area contributed by atoms with E-state index < -0.39 is 0 Å². The molecule has 38 heavy (non-hydrogen) atoms. The minimum atomic E-state index is 0.318. The molecule has 2 fully saturated rings. The predicted molar refractivity (Wildman–Crippen MR) is 149 cm³/mol. The number of aromatic nitrogens is 3. The van der Waals surface area contributed by atoms with Crippen molar-refractivity contribution in [2.24, 2.45) is 5.10 Å². The molecule has 2 aliphatic rings. The molecule has 0 radical (unpaired) electrons. The van der Waals surface area contributed by atoms with E-state index in [1.54, 1.807) is 19.4 Å². The Hall–Kier alpha value is -3.79. The van der Waals surface area contributed by atoms with Gasteiger partial charge in [0.25, 0.3) is 0 Å². The Morgan fingerprint density at radius 3 is 2.16 bits per heavy atom. The van der Waals surface area contributed by atoms with E-state index in [2.05, 4.69) is 30.3 Å². The maximum absolute atomic E-state index is 6.52. The van der Waals surface area contributed by atoms with Crippen LogP contribution in [0.15, 0.2) is 47.6 Å². The third-order valence-corrected chi connectivity index (χ3v) is 6.64. The lowest BCUT2D eigenvalue weighted by molar-refractivity contribution is 0.211. The zero-order chi connectivity index (χ0) is 26.2. The highest BCUT2D eigenvalue weighted by Gasteiger charge is 2.21. The molecule has 2 aromatic carbocycles. The monoisotopic (exact) mass is 537 g/mol. The Bertz CT molecular complexity index is 1200. The summed E-state index contributed by atoms with van der Waals surface area (Å²) in [5.41, 5.74) is 3.71. The summed E-state index contributed by atoms with van der Waals surface area (Å²) in [4.78, 5) is 18.4. The molecule has 11 heteroatoms. The summed E-state index contributed by atoms with van der Waals surface area (Å²) in [5, 5.41) is 4.78. The quantitative estimate of drug-likeness (QED) is 0.213. The topological polar surface area (TPSA) is 97.2 Å². The third-order valence-electron chi connectivity index (χ3n) is 6.36. The standard InChI is InChI=1S/C27H32ClN7O3/c1-36-23-18-20(17-22(28)24(23)38-16-15-37-21-9-3-2-4-10-21)19-29-33-25-30-26(34-11-5-6-12-34)32-27(31-25)35-13-7-8-14-35/h2-4,9-10,17-19H,5-8,11-16H2,1H3,(H,30,31,32,33)/b29-19+. The van der Waals surface area contributed by atoms with Crippen molar-refractivity contribution in [1.29, 1.82) is 0 Å². The van der Waals surface area contributed by atoms with Crippen LogP contribution in [0.2, 0.25) is 5.02 Å². The molecule has 0 atom stereocenters. The van der Waals surface area contributed by atoms with Crippen molar-refractivity contribution < 1.29 is 14.2 Å². The number of hydrazone groups is 1. The van der Waals surface area contributed by atoms with Crippen LogP contribution in [0.4, 0.5) is 17.8 Å². The number of rotatable bonds is 11. The second-order valence-corrected chi connectivity index (χ2v) is 9.47. The van der Waals surface area contributed by atoms with Crippen LogP contribution in [0.25, 0.3) is 0 Å². The fraction of sp³-hybridized carbons (Fsp3) is 0.407. The summed E-state index contributed by atoms with van der Waals surface area (Å²) in [7, 11) is 1.57. The number of hydrogen-bond acceptors (Lipinski definition) is 10. The Kier molecular flexibility index (Phi) is 8.60. The van der Waals surface area contributed by atoms with Gasteiger partial charge in [-0.3, -0.25) is 0 Å². The predicted octanol–water partition coefficient (Wildman–Crippen LogP) is 4.64. The smallest absolute Gasteiger partial charge is 0.250 e. The molecule has 0 unspecified atom stereocenters. The van der Waals surface area contributed by atoms with Gasteiger partial charge in [0.1, 0.15) is 19.0 Å². The fourth-order valence-electron chi connectivity index (χ4n) is 4.46. The van der Waals surface area contributed by atoms with Crippen LogP contribution in [0.3, 0.4) is 0 Å². The molecule has 5 rings (SSSR count). The van der Waals surface area contributed by atoms with Gasteiger partial charge in [0.2, 0.25) is 17.8 Å². The lowest BCUT2D eigenvalue weighted by Gasteiger charge is -2.20. The average Bonchev–Trinajstić information content (AvgIpc) is 3.67. The zero-order valence-electron chi connectivity index (χ0n) is 21.5.